The van der Waals surface area contributed by atoms with E-state index in [1.54, 1.807) is 17.6 Å². The number of ether oxygens (including phenoxy) is 2. The molecular formula is C24H22N2O6. The van der Waals surface area contributed by atoms with E-state index < -0.39 is 11.6 Å². The topological polar surface area (TPSA) is 108 Å². The maximum atomic E-state index is 13.4. The van der Waals surface area contributed by atoms with Crippen molar-refractivity contribution in [3.8, 4) is 11.4 Å². The van der Waals surface area contributed by atoms with E-state index in [0.717, 1.165) is 22.0 Å². The van der Waals surface area contributed by atoms with Gasteiger partial charge in [-0.05, 0) is 30.5 Å². The number of benzene rings is 1. The van der Waals surface area contributed by atoms with Gasteiger partial charge in [0.1, 0.15) is 6.61 Å². The second-order valence-electron chi connectivity index (χ2n) is 8.11. The van der Waals surface area contributed by atoms with E-state index in [1.807, 2.05) is 24.3 Å². The van der Waals surface area contributed by atoms with Crippen molar-refractivity contribution < 1.29 is 24.2 Å². The zero-order valence-corrected chi connectivity index (χ0v) is 17.8. The number of pyridine rings is 2. The molecule has 0 radical (unpaired) electrons. The zero-order chi connectivity index (χ0) is 22.6. The Hall–Kier alpha value is -3.52. The van der Waals surface area contributed by atoms with Crippen LogP contribution in [-0.2, 0) is 44.2 Å². The number of hydrogen-bond donors (Lipinski definition) is 1. The average Bonchev–Trinajstić information content (AvgIpc) is 3.18. The molecule has 0 bridgehead atoms. The number of rotatable bonds is 4. The predicted molar refractivity (Wildman–Crippen MR) is 115 cm³/mol. The largest absolute Gasteiger partial charge is 0.469 e. The number of esters is 2. The number of fused-ring (bicyclic) bond motifs is 5. The lowest BCUT2D eigenvalue weighted by molar-refractivity contribution is -0.172. The Labute approximate surface area is 183 Å². The van der Waals surface area contributed by atoms with Crippen molar-refractivity contribution in [3.05, 3.63) is 62.9 Å². The number of para-hydroxylation sites is 1. The summed E-state index contributed by atoms with van der Waals surface area (Å²) in [6.07, 6.45) is 0.738. The van der Waals surface area contributed by atoms with E-state index in [4.69, 9.17) is 14.5 Å². The van der Waals surface area contributed by atoms with E-state index in [9.17, 15) is 19.5 Å². The molecule has 5 rings (SSSR count). The number of hydrogen-bond acceptors (Lipinski definition) is 7. The van der Waals surface area contributed by atoms with Crippen LogP contribution in [0.2, 0.25) is 0 Å². The fourth-order valence-electron chi connectivity index (χ4n) is 4.73. The summed E-state index contributed by atoms with van der Waals surface area (Å²) in [4.78, 5) is 42.3. The molecule has 3 aromatic rings. The molecule has 0 spiro atoms. The van der Waals surface area contributed by atoms with E-state index in [1.165, 1.54) is 7.11 Å². The van der Waals surface area contributed by atoms with Crippen LogP contribution in [0.5, 0.6) is 0 Å². The number of aliphatic hydroxyl groups is 1. The predicted octanol–water partition coefficient (Wildman–Crippen LogP) is 2.19. The molecule has 0 saturated heterocycles. The van der Waals surface area contributed by atoms with Gasteiger partial charge in [-0.2, -0.15) is 0 Å². The first kappa shape index (κ1) is 20.4. The fraction of sp³-hybridized carbons (Fsp3) is 0.333. The SMILES string of the molecule is CC[C@@]1(O)C(=O)OCc2c1cc1n(c2=O)Cc2c-1nc1ccccc1c2CCC(=O)OC. The standard InChI is InChI=1S/C24H22N2O6/c1-3-24(30)17-10-19-21-15(11-26(19)22(28)16(17)12-32-23(24)29)13(8-9-20(27)31-2)14-6-4-5-7-18(14)25-21/h4-7,10,30H,3,8-9,11-12H2,1-2H3/t24-/m0/s1. The number of nitrogens with zero attached hydrogens (tertiary/aromatic N) is 2. The van der Waals surface area contributed by atoms with E-state index in [-0.39, 0.29) is 42.1 Å². The molecule has 164 valence electrons. The Morgan fingerprint density at radius 3 is 2.81 bits per heavy atom. The first-order valence-corrected chi connectivity index (χ1v) is 10.5. The third-order valence-corrected chi connectivity index (χ3v) is 6.52. The van der Waals surface area contributed by atoms with Gasteiger partial charge in [0.15, 0.2) is 5.60 Å². The van der Waals surface area contributed by atoms with Crippen LogP contribution in [0.3, 0.4) is 0 Å². The Bertz CT molecular complexity index is 1360. The third kappa shape index (κ3) is 2.79. The summed E-state index contributed by atoms with van der Waals surface area (Å²) in [6, 6.07) is 9.32. The molecule has 4 heterocycles. The smallest absolute Gasteiger partial charge is 0.343 e. The zero-order valence-electron chi connectivity index (χ0n) is 17.8. The van der Waals surface area contributed by atoms with Gasteiger partial charge in [0, 0.05) is 22.9 Å². The van der Waals surface area contributed by atoms with Crippen molar-refractivity contribution in [2.45, 2.75) is 44.9 Å². The Morgan fingerprint density at radius 1 is 1.28 bits per heavy atom. The minimum atomic E-state index is -1.87. The summed E-state index contributed by atoms with van der Waals surface area (Å²) < 4.78 is 11.5. The van der Waals surface area contributed by atoms with Crippen molar-refractivity contribution in [2.75, 3.05) is 7.11 Å². The van der Waals surface area contributed by atoms with Crippen molar-refractivity contribution in [1.82, 2.24) is 9.55 Å². The second kappa shape index (κ2) is 7.27. The van der Waals surface area contributed by atoms with Gasteiger partial charge in [-0.15, -0.1) is 0 Å². The number of cyclic esters (lactones) is 1. The van der Waals surface area contributed by atoms with Gasteiger partial charge in [-0.25, -0.2) is 9.78 Å². The second-order valence-corrected chi connectivity index (χ2v) is 8.11. The summed E-state index contributed by atoms with van der Waals surface area (Å²) in [5.41, 5.74) is 2.12. The van der Waals surface area contributed by atoms with Crippen LogP contribution in [0, 0.1) is 0 Å². The fourth-order valence-corrected chi connectivity index (χ4v) is 4.73. The van der Waals surface area contributed by atoms with Crippen molar-refractivity contribution in [2.24, 2.45) is 0 Å². The van der Waals surface area contributed by atoms with Gasteiger partial charge in [0.2, 0.25) is 0 Å². The third-order valence-electron chi connectivity index (χ3n) is 6.52. The molecule has 8 nitrogen and oxygen atoms in total. The highest BCUT2D eigenvalue weighted by molar-refractivity contribution is 5.89. The lowest BCUT2D eigenvalue weighted by atomic mass is 9.86. The maximum Gasteiger partial charge on any atom is 0.343 e. The van der Waals surface area contributed by atoms with Gasteiger partial charge >= 0.3 is 11.9 Å². The molecule has 8 heteroatoms. The molecule has 0 saturated carbocycles. The van der Waals surface area contributed by atoms with Crippen molar-refractivity contribution in [3.63, 3.8) is 0 Å². The quantitative estimate of drug-likeness (QED) is 0.491. The molecule has 1 N–H and O–H groups in total. The lowest BCUT2D eigenvalue weighted by Crippen LogP contribution is -2.44. The highest BCUT2D eigenvalue weighted by Gasteiger charge is 2.45. The monoisotopic (exact) mass is 434 g/mol. The van der Waals surface area contributed by atoms with Gasteiger partial charge in [0.25, 0.3) is 5.56 Å². The van der Waals surface area contributed by atoms with Crippen LogP contribution in [0.4, 0.5) is 0 Å². The van der Waals surface area contributed by atoms with Crippen LogP contribution < -0.4 is 5.56 Å². The number of aryl methyl sites for hydroxylation is 1. The molecule has 2 aliphatic heterocycles. The van der Waals surface area contributed by atoms with E-state index in [2.05, 4.69) is 0 Å². The van der Waals surface area contributed by atoms with E-state index >= 15 is 0 Å². The maximum absolute atomic E-state index is 13.4. The highest BCUT2D eigenvalue weighted by Crippen LogP contribution is 2.40. The molecular weight excluding hydrogens is 412 g/mol. The number of aromatic nitrogens is 2. The molecule has 2 aromatic heterocycles. The van der Waals surface area contributed by atoms with E-state index in [0.29, 0.717) is 24.4 Å². The minimum Gasteiger partial charge on any atom is -0.469 e. The van der Waals surface area contributed by atoms with Crippen molar-refractivity contribution in [1.29, 1.82) is 0 Å². The molecule has 32 heavy (non-hydrogen) atoms. The summed E-state index contributed by atoms with van der Waals surface area (Å²) in [5, 5.41) is 11.9. The molecule has 0 fully saturated rings. The highest BCUT2D eigenvalue weighted by atomic mass is 16.6. The lowest BCUT2D eigenvalue weighted by Gasteiger charge is -2.31. The summed E-state index contributed by atoms with van der Waals surface area (Å²) in [5.74, 6) is -1.06. The van der Waals surface area contributed by atoms with Crippen LogP contribution in [-0.4, -0.2) is 33.7 Å². The summed E-state index contributed by atoms with van der Waals surface area (Å²) >= 11 is 0. The van der Waals surface area contributed by atoms with Gasteiger partial charge in [-0.3, -0.25) is 9.59 Å². The summed E-state index contributed by atoms with van der Waals surface area (Å²) in [6.45, 7) is 1.80. The normalized spacial score (nSPS) is 18.7. The Balaban J connectivity index is 1.75. The first-order valence-electron chi connectivity index (χ1n) is 10.5. The first-order chi connectivity index (χ1) is 15.4. The van der Waals surface area contributed by atoms with Crippen molar-refractivity contribution >= 4 is 22.8 Å². The van der Waals surface area contributed by atoms with Gasteiger partial charge < -0.3 is 19.1 Å². The van der Waals surface area contributed by atoms with Crippen LogP contribution >= 0.6 is 0 Å². The van der Waals surface area contributed by atoms with Gasteiger partial charge in [0.05, 0.1) is 36.1 Å². The number of carbonyl (C=O) groups excluding carboxylic acids is 2. The minimum absolute atomic E-state index is 0.0874. The molecule has 0 amide bonds. The van der Waals surface area contributed by atoms with Crippen LogP contribution in [0.1, 0.15) is 42.0 Å². The van der Waals surface area contributed by atoms with Crippen LogP contribution in [0.25, 0.3) is 22.3 Å². The molecule has 1 atom stereocenters. The van der Waals surface area contributed by atoms with Gasteiger partial charge in [-0.1, -0.05) is 25.1 Å². The molecule has 2 aliphatic rings. The Kier molecular flexibility index (Phi) is 4.63. The molecule has 0 aliphatic carbocycles. The summed E-state index contributed by atoms with van der Waals surface area (Å²) in [7, 11) is 1.36. The number of carbonyl (C=O) groups is 2. The molecule has 0 unspecified atom stereocenters. The molecule has 1 aromatic carbocycles. The van der Waals surface area contributed by atoms with Crippen LogP contribution in [0.15, 0.2) is 35.1 Å². The Morgan fingerprint density at radius 2 is 2.06 bits per heavy atom. The average molecular weight is 434 g/mol. The number of methoxy groups -OCH3 is 1.